The zero-order valence-corrected chi connectivity index (χ0v) is 11.4. The van der Waals surface area contributed by atoms with Gasteiger partial charge >= 0.3 is 0 Å². The molecule has 0 bridgehead atoms. The number of likely N-dealkylation sites (tertiary alicyclic amines) is 1. The SMILES string of the molecule is Cl.Cn1cccc1C(=O)N1CCC2NCCC2C1. The molecule has 1 aromatic heterocycles. The summed E-state index contributed by atoms with van der Waals surface area (Å²) in [5, 5.41) is 3.52. The lowest BCUT2D eigenvalue weighted by atomic mass is 9.93. The van der Waals surface area contributed by atoms with Crippen LogP contribution < -0.4 is 5.32 Å². The van der Waals surface area contributed by atoms with Crippen LogP contribution in [0.3, 0.4) is 0 Å². The lowest BCUT2D eigenvalue weighted by Crippen LogP contribution is -2.47. The second-order valence-corrected chi connectivity index (χ2v) is 5.15. The minimum atomic E-state index is 0. The zero-order chi connectivity index (χ0) is 11.8. The van der Waals surface area contributed by atoms with Gasteiger partial charge in [0.2, 0.25) is 0 Å². The summed E-state index contributed by atoms with van der Waals surface area (Å²) in [6.07, 6.45) is 4.24. The first-order valence-corrected chi connectivity index (χ1v) is 6.39. The van der Waals surface area contributed by atoms with E-state index in [0.717, 1.165) is 31.7 Å². The Morgan fingerprint density at radius 3 is 3.00 bits per heavy atom. The molecule has 2 unspecified atom stereocenters. The van der Waals surface area contributed by atoms with E-state index in [1.165, 1.54) is 6.42 Å². The molecule has 3 rings (SSSR count). The van der Waals surface area contributed by atoms with Crippen molar-refractivity contribution in [3.63, 3.8) is 0 Å². The third-order valence-corrected chi connectivity index (χ3v) is 4.11. The fourth-order valence-corrected chi connectivity index (χ4v) is 3.08. The Kier molecular flexibility index (Phi) is 3.97. The molecule has 4 nitrogen and oxygen atoms in total. The number of hydrogen-bond donors (Lipinski definition) is 1. The van der Waals surface area contributed by atoms with E-state index in [2.05, 4.69) is 5.32 Å². The van der Waals surface area contributed by atoms with Crippen LogP contribution in [0.5, 0.6) is 0 Å². The van der Waals surface area contributed by atoms with Gasteiger partial charge in [-0.1, -0.05) is 0 Å². The summed E-state index contributed by atoms with van der Waals surface area (Å²) in [4.78, 5) is 14.4. The summed E-state index contributed by atoms with van der Waals surface area (Å²) in [5.74, 6) is 0.843. The third-order valence-electron chi connectivity index (χ3n) is 4.11. The average molecular weight is 270 g/mol. The summed E-state index contributed by atoms with van der Waals surface area (Å²) in [6.45, 7) is 2.92. The highest BCUT2D eigenvalue weighted by Gasteiger charge is 2.34. The Labute approximate surface area is 114 Å². The smallest absolute Gasteiger partial charge is 0.270 e. The van der Waals surface area contributed by atoms with Crippen molar-refractivity contribution in [2.24, 2.45) is 13.0 Å². The van der Waals surface area contributed by atoms with Gasteiger partial charge in [0.1, 0.15) is 5.69 Å². The molecule has 0 aliphatic carbocycles. The topological polar surface area (TPSA) is 37.3 Å². The van der Waals surface area contributed by atoms with E-state index in [-0.39, 0.29) is 18.3 Å². The number of carbonyl (C=O) groups excluding carboxylic acids is 1. The molecule has 0 radical (unpaired) electrons. The number of hydrogen-bond acceptors (Lipinski definition) is 2. The van der Waals surface area contributed by atoms with E-state index < -0.39 is 0 Å². The van der Waals surface area contributed by atoms with Gasteiger partial charge in [-0.05, 0) is 37.4 Å². The highest BCUT2D eigenvalue weighted by molar-refractivity contribution is 5.92. The summed E-state index contributed by atoms with van der Waals surface area (Å²) in [6, 6.07) is 4.48. The van der Waals surface area contributed by atoms with Crippen molar-refractivity contribution < 1.29 is 4.79 Å². The Morgan fingerprint density at radius 2 is 2.28 bits per heavy atom. The zero-order valence-electron chi connectivity index (χ0n) is 10.6. The van der Waals surface area contributed by atoms with Crippen LogP contribution in [0.15, 0.2) is 18.3 Å². The lowest BCUT2D eigenvalue weighted by Gasteiger charge is -2.34. The summed E-state index contributed by atoms with van der Waals surface area (Å²) < 4.78 is 1.90. The molecule has 18 heavy (non-hydrogen) atoms. The predicted octanol–water partition coefficient (Wildman–Crippen LogP) is 1.27. The third kappa shape index (κ3) is 2.27. The van der Waals surface area contributed by atoms with Crippen LogP contribution in [-0.2, 0) is 7.05 Å². The first-order chi connectivity index (χ1) is 8.25. The average Bonchev–Trinajstić information content (AvgIpc) is 2.95. The summed E-state index contributed by atoms with van der Waals surface area (Å²) in [7, 11) is 1.93. The second-order valence-electron chi connectivity index (χ2n) is 5.15. The molecule has 100 valence electrons. The van der Waals surface area contributed by atoms with E-state index in [4.69, 9.17) is 0 Å². The van der Waals surface area contributed by atoms with Gasteiger partial charge in [-0.2, -0.15) is 0 Å². The molecule has 1 amide bonds. The van der Waals surface area contributed by atoms with Crippen LogP contribution in [0.4, 0.5) is 0 Å². The van der Waals surface area contributed by atoms with Crippen LogP contribution in [0.25, 0.3) is 0 Å². The van der Waals surface area contributed by atoms with Gasteiger partial charge in [-0.15, -0.1) is 12.4 Å². The van der Waals surface area contributed by atoms with Gasteiger partial charge < -0.3 is 14.8 Å². The number of carbonyl (C=O) groups is 1. The lowest BCUT2D eigenvalue weighted by molar-refractivity contribution is 0.0652. The molecule has 2 atom stereocenters. The van der Waals surface area contributed by atoms with Crippen molar-refractivity contribution in [1.29, 1.82) is 0 Å². The van der Waals surface area contributed by atoms with Crippen molar-refractivity contribution in [3.05, 3.63) is 24.0 Å². The van der Waals surface area contributed by atoms with Gasteiger partial charge in [0.05, 0.1) is 0 Å². The van der Waals surface area contributed by atoms with Gasteiger partial charge in [0, 0.05) is 32.4 Å². The Morgan fingerprint density at radius 1 is 1.44 bits per heavy atom. The van der Waals surface area contributed by atoms with Gasteiger partial charge in [-0.25, -0.2) is 0 Å². The second kappa shape index (κ2) is 5.33. The van der Waals surface area contributed by atoms with Crippen LogP contribution in [0.2, 0.25) is 0 Å². The van der Waals surface area contributed by atoms with E-state index in [0.29, 0.717) is 12.0 Å². The maximum absolute atomic E-state index is 12.4. The summed E-state index contributed by atoms with van der Waals surface area (Å²) in [5.41, 5.74) is 0.800. The standard InChI is InChI=1S/C13H19N3O.ClH/c1-15-7-2-3-12(15)13(17)16-8-5-11-10(9-16)4-6-14-11;/h2-3,7,10-11,14H,4-6,8-9H2,1H3;1H. The fourth-order valence-electron chi connectivity index (χ4n) is 3.08. The highest BCUT2D eigenvalue weighted by Crippen LogP contribution is 2.25. The first kappa shape index (κ1) is 13.4. The number of fused-ring (bicyclic) bond motifs is 1. The number of rotatable bonds is 1. The molecule has 3 heterocycles. The normalized spacial score (nSPS) is 26.6. The Hall–Kier alpha value is -1.00. The maximum Gasteiger partial charge on any atom is 0.270 e. The Bertz CT molecular complexity index is 432. The highest BCUT2D eigenvalue weighted by atomic mass is 35.5. The minimum Gasteiger partial charge on any atom is -0.347 e. The number of piperidine rings is 1. The number of halogens is 1. The molecular weight excluding hydrogens is 250 g/mol. The van der Waals surface area contributed by atoms with Crippen molar-refractivity contribution >= 4 is 18.3 Å². The molecule has 0 aromatic carbocycles. The van der Waals surface area contributed by atoms with Crippen LogP contribution in [-0.4, -0.2) is 41.1 Å². The molecule has 1 N–H and O–H groups in total. The molecule has 2 saturated heterocycles. The monoisotopic (exact) mass is 269 g/mol. The van der Waals surface area contributed by atoms with Gasteiger partial charge in [-0.3, -0.25) is 4.79 Å². The van der Waals surface area contributed by atoms with Gasteiger partial charge in [0.15, 0.2) is 0 Å². The molecule has 5 heteroatoms. The molecule has 2 fully saturated rings. The van der Waals surface area contributed by atoms with Crippen LogP contribution >= 0.6 is 12.4 Å². The molecule has 0 saturated carbocycles. The van der Waals surface area contributed by atoms with Crippen molar-refractivity contribution in [1.82, 2.24) is 14.8 Å². The van der Waals surface area contributed by atoms with E-state index in [1.807, 2.05) is 34.8 Å². The quantitative estimate of drug-likeness (QED) is 0.834. The van der Waals surface area contributed by atoms with Gasteiger partial charge in [0.25, 0.3) is 5.91 Å². The fraction of sp³-hybridized carbons (Fsp3) is 0.615. The largest absolute Gasteiger partial charge is 0.347 e. The van der Waals surface area contributed by atoms with Crippen molar-refractivity contribution in [3.8, 4) is 0 Å². The molecule has 2 aliphatic heterocycles. The van der Waals surface area contributed by atoms with Crippen molar-refractivity contribution in [2.75, 3.05) is 19.6 Å². The maximum atomic E-state index is 12.4. The molecule has 2 aliphatic rings. The van der Waals surface area contributed by atoms with E-state index in [1.54, 1.807) is 0 Å². The minimum absolute atomic E-state index is 0. The Balaban J connectivity index is 0.00000120. The number of aryl methyl sites for hydroxylation is 1. The van der Waals surface area contributed by atoms with E-state index in [9.17, 15) is 4.79 Å². The molecule has 1 aromatic rings. The van der Waals surface area contributed by atoms with Crippen molar-refractivity contribution in [2.45, 2.75) is 18.9 Å². The number of nitrogens with zero attached hydrogens (tertiary/aromatic N) is 2. The number of amides is 1. The molecular formula is C13H20ClN3O. The van der Waals surface area contributed by atoms with Crippen LogP contribution in [0.1, 0.15) is 23.3 Å². The number of aromatic nitrogens is 1. The number of nitrogens with one attached hydrogen (secondary N) is 1. The summed E-state index contributed by atoms with van der Waals surface area (Å²) >= 11 is 0. The van der Waals surface area contributed by atoms with Crippen LogP contribution in [0, 0.1) is 5.92 Å². The molecule has 0 spiro atoms. The van der Waals surface area contributed by atoms with E-state index >= 15 is 0 Å². The predicted molar refractivity (Wildman–Crippen MR) is 73.1 cm³/mol. The first-order valence-electron chi connectivity index (χ1n) is 6.39.